The van der Waals surface area contributed by atoms with E-state index in [0.29, 0.717) is 0 Å². The fraction of sp³-hybridized carbons (Fsp3) is 0.167. The SMILES string of the molecule is CNS(=O)(=O)c1cc(Cl)sc1OC(=O)O. The lowest BCUT2D eigenvalue weighted by molar-refractivity contribution is 0.145. The van der Waals surface area contributed by atoms with Crippen LogP contribution in [0, 0.1) is 0 Å². The van der Waals surface area contributed by atoms with E-state index in [1.54, 1.807) is 0 Å². The number of thiophene rings is 1. The fourth-order valence-electron chi connectivity index (χ4n) is 0.778. The Morgan fingerprint density at radius 3 is 2.73 bits per heavy atom. The van der Waals surface area contributed by atoms with Crippen molar-refractivity contribution in [3.63, 3.8) is 0 Å². The number of rotatable bonds is 3. The van der Waals surface area contributed by atoms with E-state index in [4.69, 9.17) is 16.7 Å². The van der Waals surface area contributed by atoms with Gasteiger partial charge < -0.3 is 9.84 Å². The van der Waals surface area contributed by atoms with E-state index in [1.165, 1.54) is 7.05 Å². The van der Waals surface area contributed by atoms with Gasteiger partial charge in [-0.2, -0.15) is 0 Å². The van der Waals surface area contributed by atoms with Crippen LogP contribution < -0.4 is 9.46 Å². The van der Waals surface area contributed by atoms with Gasteiger partial charge in [-0.25, -0.2) is 17.9 Å². The van der Waals surface area contributed by atoms with Gasteiger partial charge in [0, 0.05) is 0 Å². The standard InChI is InChI=1S/C6H6ClNO5S2/c1-8-15(11,12)3-2-4(7)14-5(3)13-6(9)10/h2,8H,1H3,(H,9,10). The maximum atomic E-state index is 11.4. The smallest absolute Gasteiger partial charge is 0.449 e. The van der Waals surface area contributed by atoms with Gasteiger partial charge in [0.2, 0.25) is 15.1 Å². The van der Waals surface area contributed by atoms with Gasteiger partial charge in [-0.15, -0.1) is 0 Å². The molecule has 1 aromatic rings. The third-order valence-electron chi connectivity index (χ3n) is 1.37. The van der Waals surface area contributed by atoms with Gasteiger partial charge in [0.1, 0.15) is 4.90 Å². The number of hydrogen-bond donors (Lipinski definition) is 2. The minimum atomic E-state index is -3.77. The van der Waals surface area contributed by atoms with Crippen LogP contribution in [0.5, 0.6) is 5.06 Å². The molecule has 0 saturated carbocycles. The Bertz CT molecular complexity index is 480. The van der Waals surface area contributed by atoms with Gasteiger partial charge in [-0.1, -0.05) is 22.9 Å². The molecule has 15 heavy (non-hydrogen) atoms. The highest BCUT2D eigenvalue weighted by atomic mass is 35.5. The molecule has 0 aliphatic rings. The van der Waals surface area contributed by atoms with Crippen molar-refractivity contribution >= 4 is 39.1 Å². The number of halogens is 1. The first-order valence-electron chi connectivity index (χ1n) is 3.50. The zero-order valence-electron chi connectivity index (χ0n) is 7.35. The van der Waals surface area contributed by atoms with Crippen LogP contribution in [0.4, 0.5) is 4.79 Å². The summed E-state index contributed by atoms with van der Waals surface area (Å²) in [4.78, 5) is 9.98. The summed E-state index contributed by atoms with van der Waals surface area (Å²) in [5.41, 5.74) is 0. The van der Waals surface area contributed by atoms with Crippen molar-refractivity contribution in [2.24, 2.45) is 0 Å². The summed E-state index contributed by atoms with van der Waals surface area (Å²) in [6.07, 6.45) is -1.60. The Morgan fingerprint density at radius 2 is 2.27 bits per heavy atom. The zero-order valence-corrected chi connectivity index (χ0v) is 9.74. The summed E-state index contributed by atoms with van der Waals surface area (Å²) in [6, 6.07) is 1.12. The van der Waals surface area contributed by atoms with Crippen molar-refractivity contribution in [3.05, 3.63) is 10.4 Å². The summed E-state index contributed by atoms with van der Waals surface area (Å²) >= 11 is 6.29. The number of ether oxygens (including phenoxy) is 1. The molecule has 0 radical (unpaired) electrons. The molecule has 1 heterocycles. The summed E-state index contributed by atoms with van der Waals surface area (Å²) < 4.78 is 29.2. The van der Waals surface area contributed by atoms with Crippen molar-refractivity contribution in [1.29, 1.82) is 0 Å². The van der Waals surface area contributed by atoms with Crippen LogP contribution in [0.25, 0.3) is 0 Å². The molecule has 0 aliphatic heterocycles. The Hall–Kier alpha value is -0.830. The van der Waals surface area contributed by atoms with Crippen LogP contribution in [0.2, 0.25) is 4.34 Å². The van der Waals surface area contributed by atoms with Gasteiger partial charge in [0.25, 0.3) is 0 Å². The fourth-order valence-corrected chi connectivity index (χ4v) is 3.07. The molecule has 0 aromatic carbocycles. The lowest BCUT2D eigenvalue weighted by Gasteiger charge is -2.01. The van der Waals surface area contributed by atoms with Crippen molar-refractivity contribution in [1.82, 2.24) is 4.72 Å². The van der Waals surface area contributed by atoms with E-state index in [-0.39, 0.29) is 14.3 Å². The molecule has 0 atom stereocenters. The highest BCUT2D eigenvalue weighted by Crippen LogP contribution is 2.36. The van der Waals surface area contributed by atoms with Gasteiger partial charge in [0.05, 0.1) is 4.34 Å². The number of hydrogen-bond acceptors (Lipinski definition) is 5. The normalized spacial score (nSPS) is 11.3. The van der Waals surface area contributed by atoms with Gasteiger partial charge in [0.15, 0.2) is 0 Å². The Kier molecular flexibility index (Phi) is 3.55. The van der Waals surface area contributed by atoms with E-state index in [9.17, 15) is 13.2 Å². The molecule has 0 fully saturated rings. The molecule has 0 bridgehead atoms. The summed E-state index contributed by atoms with van der Waals surface area (Å²) in [6.45, 7) is 0. The molecular formula is C6H6ClNO5S2. The maximum Gasteiger partial charge on any atom is 0.512 e. The third kappa shape index (κ3) is 2.81. The molecule has 0 spiro atoms. The highest BCUT2D eigenvalue weighted by Gasteiger charge is 2.23. The Morgan fingerprint density at radius 1 is 1.67 bits per heavy atom. The van der Waals surface area contributed by atoms with Crippen molar-refractivity contribution in [2.45, 2.75) is 4.90 Å². The lowest BCUT2D eigenvalue weighted by atomic mass is 10.6. The largest absolute Gasteiger partial charge is 0.512 e. The predicted octanol–water partition coefficient (Wildman–Crippen LogP) is 1.37. The Balaban J connectivity index is 3.23. The van der Waals surface area contributed by atoms with E-state index in [2.05, 4.69) is 4.74 Å². The lowest BCUT2D eigenvalue weighted by Crippen LogP contribution is -2.19. The molecule has 0 unspecified atom stereocenters. The molecule has 1 aromatic heterocycles. The average molecular weight is 272 g/mol. The van der Waals surface area contributed by atoms with Crippen LogP contribution in [-0.4, -0.2) is 26.7 Å². The number of sulfonamides is 1. The number of carbonyl (C=O) groups is 1. The molecule has 0 amide bonds. The second-order valence-electron chi connectivity index (χ2n) is 2.28. The van der Waals surface area contributed by atoms with Gasteiger partial charge in [-0.3, -0.25) is 0 Å². The number of nitrogens with one attached hydrogen (secondary N) is 1. The number of carboxylic acid groups (broad SMARTS) is 1. The summed E-state index contributed by atoms with van der Waals surface area (Å²) in [5.74, 6) is 0. The predicted molar refractivity (Wildman–Crippen MR) is 54.2 cm³/mol. The molecule has 0 saturated heterocycles. The average Bonchev–Trinajstić information content (AvgIpc) is 2.46. The summed E-state index contributed by atoms with van der Waals surface area (Å²) in [7, 11) is -2.57. The summed E-state index contributed by atoms with van der Waals surface area (Å²) in [5, 5.41) is 8.09. The van der Waals surface area contributed by atoms with E-state index >= 15 is 0 Å². The molecule has 0 aliphatic carbocycles. The second kappa shape index (κ2) is 4.35. The van der Waals surface area contributed by atoms with Crippen LogP contribution in [0.1, 0.15) is 0 Å². The van der Waals surface area contributed by atoms with E-state index < -0.39 is 16.2 Å². The quantitative estimate of drug-likeness (QED) is 0.810. The first kappa shape index (κ1) is 12.2. The molecule has 2 N–H and O–H groups in total. The molecule has 6 nitrogen and oxygen atoms in total. The molecule has 84 valence electrons. The van der Waals surface area contributed by atoms with Crippen LogP contribution in [0.15, 0.2) is 11.0 Å². The second-order valence-corrected chi connectivity index (χ2v) is 5.78. The van der Waals surface area contributed by atoms with Crippen molar-refractivity contribution in [2.75, 3.05) is 7.05 Å². The maximum absolute atomic E-state index is 11.4. The van der Waals surface area contributed by atoms with E-state index in [0.717, 1.165) is 17.4 Å². The minimum absolute atomic E-state index is 0.125. The zero-order chi connectivity index (χ0) is 11.6. The molecule has 9 heteroatoms. The topological polar surface area (TPSA) is 92.7 Å². The van der Waals surface area contributed by atoms with Crippen molar-refractivity contribution < 1.29 is 23.1 Å². The van der Waals surface area contributed by atoms with Crippen LogP contribution in [-0.2, 0) is 10.0 Å². The Labute approximate surface area is 94.5 Å². The first-order chi connectivity index (χ1) is 6.86. The first-order valence-corrected chi connectivity index (χ1v) is 6.18. The highest BCUT2D eigenvalue weighted by molar-refractivity contribution is 7.89. The molecular weight excluding hydrogens is 266 g/mol. The van der Waals surface area contributed by atoms with Crippen LogP contribution in [0.3, 0.4) is 0 Å². The molecule has 1 rings (SSSR count). The van der Waals surface area contributed by atoms with Gasteiger partial charge >= 0.3 is 6.16 Å². The monoisotopic (exact) mass is 271 g/mol. The van der Waals surface area contributed by atoms with Gasteiger partial charge in [-0.05, 0) is 13.1 Å². The van der Waals surface area contributed by atoms with Crippen LogP contribution >= 0.6 is 22.9 Å². The van der Waals surface area contributed by atoms with Crippen molar-refractivity contribution in [3.8, 4) is 5.06 Å². The minimum Gasteiger partial charge on any atom is -0.449 e. The third-order valence-corrected chi connectivity index (χ3v) is 4.07. The van der Waals surface area contributed by atoms with E-state index in [1.807, 2.05) is 4.72 Å².